The van der Waals surface area contributed by atoms with Crippen molar-refractivity contribution in [3.8, 4) is 11.1 Å². The molecule has 2 aromatic rings. The van der Waals surface area contributed by atoms with Crippen molar-refractivity contribution in [2.75, 3.05) is 13.1 Å². The molecule has 0 aliphatic carbocycles. The molecule has 0 amide bonds. The van der Waals surface area contributed by atoms with E-state index in [-0.39, 0.29) is 22.2 Å². The summed E-state index contributed by atoms with van der Waals surface area (Å²) in [6.45, 7) is 19.2. The van der Waals surface area contributed by atoms with Gasteiger partial charge in [0, 0.05) is 22.2 Å². The third-order valence-corrected chi connectivity index (χ3v) is 6.38. The Kier molecular flexibility index (Phi) is 8.92. The molecule has 33 heavy (non-hydrogen) atoms. The molecule has 0 unspecified atom stereocenters. The minimum absolute atomic E-state index is 0.125. The molecule has 0 aromatic heterocycles. The second-order valence-electron chi connectivity index (χ2n) is 12.1. The van der Waals surface area contributed by atoms with Gasteiger partial charge in [-0.15, -0.1) is 0 Å². The van der Waals surface area contributed by atoms with Crippen LogP contribution in [0.4, 0.5) is 0 Å². The molecular formula is C29H48N4. The van der Waals surface area contributed by atoms with Crippen LogP contribution in [0.3, 0.4) is 0 Å². The molecule has 0 bridgehead atoms. The van der Waals surface area contributed by atoms with E-state index in [1.165, 1.54) is 22.3 Å². The zero-order chi connectivity index (χ0) is 24.9. The third kappa shape index (κ3) is 9.21. The summed E-state index contributed by atoms with van der Waals surface area (Å²) in [7, 11) is 0. The number of rotatable bonds is 12. The molecule has 2 aromatic carbocycles. The first-order valence-electron chi connectivity index (χ1n) is 12.4. The molecule has 184 valence electrons. The molecule has 6 N–H and O–H groups in total. The highest BCUT2D eigenvalue weighted by Crippen LogP contribution is 2.32. The predicted molar refractivity (Wildman–Crippen MR) is 144 cm³/mol. The van der Waals surface area contributed by atoms with Crippen LogP contribution in [-0.2, 0) is 11.1 Å². The van der Waals surface area contributed by atoms with E-state index in [1.807, 2.05) is 0 Å². The van der Waals surface area contributed by atoms with Crippen LogP contribution < -0.4 is 22.1 Å². The van der Waals surface area contributed by atoms with Crippen molar-refractivity contribution in [2.24, 2.45) is 11.5 Å². The summed E-state index contributed by atoms with van der Waals surface area (Å²) >= 11 is 0. The van der Waals surface area contributed by atoms with Crippen LogP contribution in [-0.4, -0.2) is 24.2 Å². The van der Waals surface area contributed by atoms with Crippen molar-refractivity contribution in [1.82, 2.24) is 10.6 Å². The van der Waals surface area contributed by atoms with Gasteiger partial charge in [0.2, 0.25) is 0 Å². The molecule has 2 rings (SSSR count). The highest BCUT2D eigenvalue weighted by molar-refractivity contribution is 5.66. The van der Waals surface area contributed by atoms with Gasteiger partial charge in [0.05, 0.1) is 0 Å². The number of hydrogen-bond donors (Lipinski definition) is 4. The molecule has 4 heteroatoms. The lowest BCUT2D eigenvalue weighted by molar-refractivity contribution is 0.360. The van der Waals surface area contributed by atoms with E-state index >= 15 is 0 Å². The Morgan fingerprint density at radius 1 is 0.606 bits per heavy atom. The fourth-order valence-corrected chi connectivity index (χ4v) is 3.99. The van der Waals surface area contributed by atoms with Crippen LogP contribution >= 0.6 is 0 Å². The molecule has 0 radical (unpaired) electrons. The molecular weight excluding hydrogens is 404 g/mol. The summed E-state index contributed by atoms with van der Waals surface area (Å²) in [4.78, 5) is 0. The minimum Gasteiger partial charge on any atom is -0.326 e. The van der Waals surface area contributed by atoms with Gasteiger partial charge in [0.15, 0.2) is 0 Å². The highest BCUT2D eigenvalue weighted by atomic mass is 15.0. The lowest BCUT2D eigenvalue weighted by Crippen LogP contribution is -2.42. The molecule has 0 saturated carbocycles. The normalized spacial score (nSPS) is 13.4. The van der Waals surface area contributed by atoms with Crippen molar-refractivity contribution in [3.63, 3.8) is 0 Å². The van der Waals surface area contributed by atoms with Crippen LogP contribution in [0.25, 0.3) is 11.1 Å². The topological polar surface area (TPSA) is 76.1 Å². The van der Waals surface area contributed by atoms with Crippen LogP contribution in [0.5, 0.6) is 0 Å². The first-order valence-corrected chi connectivity index (χ1v) is 12.4. The van der Waals surface area contributed by atoms with Gasteiger partial charge in [-0.25, -0.2) is 0 Å². The summed E-state index contributed by atoms with van der Waals surface area (Å²) in [5.41, 5.74) is 16.8. The lowest BCUT2D eigenvalue weighted by atomic mass is 9.84. The molecule has 0 aliphatic heterocycles. The maximum atomic E-state index is 6.21. The Bertz CT molecular complexity index is 871. The zero-order valence-corrected chi connectivity index (χ0v) is 22.3. The van der Waals surface area contributed by atoms with Crippen molar-refractivity contribution >= 4 is 0 Å². The molecule has 0 heterocycles. The van der Waals surface area contributed by atoms with E-state index in [0.29, 0.717) is 0 Å². The largest absolute Gasteiger partial charge is 0.326 e. The minimum atomic E-state index is -0.176. The monoisotopic (exact) mass is 452 g/mol. The molecule has 0 saturated heterocycles. The van der Waals surface area contributed by atoms with Gasteiger partial charge in [0.25, 0.3) is 0 Å². The second-order valence-corrected chi connectivity index (χ2v) is 12.1. The van der Waals surface area contributed by atoms with E-state index in [1.54, 1.807) is 0 Å². The van der Waals surface area contributed by atoms with Gasteiger partial charge in [-0.05, 0) is 122 Å². The first-order chi connectivity index (χ1) is 15.1. The quantitative estimate of drug-likeness (QED) is 0.314. The van der Waals surface area contributed by atoms with Gasteiger partial charge in [0.1, 0.15) is 0 Å². The average molecular weight is 453 g/mol. The van der Waals surface area contributed by atoms with Crippen LogP contribution in [0.2, 0.25) is 0 Å². The number of hydrogen-bond acceptors (Lipinski definition) is 4. The zero-order valence-electron chi connectivity index (χ0n) is 22.3. The van der Waals surface area contributed by atoms with Gasteiger partial charge in [-0.1, -0.05) is 36.4 Å². The van der Waals surface area contributed by atoms with Crippen molar-refractivity contribution in [1.29, 1.82) is 0 Å². The standard InChI is InChI=1S/C29H48N4/c1-26(2,30)15-12-17-32-28(5,6)24-19-23(22-13-10-9-11-14-22)20-25(21-24)29(7,8)33-18-16-27(3,4)31/h9-11,13-14,19-21,32-33H,12,15-18,30-31H2,1-8H3. The SMILES string of the molecule is CC(C)(N)CCCNC(C)(C)c1cc(-c2ccccc2)cc(C(C)(C)NCCC(C)(C)N)c1. The Morgan fingerprint density at radius 3 is 1.58 bits per heavy atom. The molecule has 0 aliphatic rings. The third-order valence-electron chi connectivity index (χ3n) is 6.38. The fourth-order valence-electron chi connectivity index (χ4n) is 3.99. The summed E-state index contributed by atoms with van der Waals surface area (Å²) in [6, 6.07) is 17.7. The fraction of sp³-hybridized carbons (Fsp3) is 0.586. The molecule has 0 fully saturated rings. The smallest absolute Gasteiger partial charge is 0.0377 e. The Labute approximate surface area is 202 Å². The second kappa shape index (κ2) is 10.7. The van der Waals surface area contributed by atoms with E-state index < -0.39 is 0 Å². The van der Waals surface area contributed by atoms with Crippen molar-refractivity contribution in [3.05, 3.63) is 59.7 Å². The van der Waals surface area contributed by atoms with E-state index in [9.17, 15) is 0 Å². The first kappa shape index (κ1) is 27.5. The van der Waals surface area contributed by atoms with Crippen LogP contribution in [0, 0.1) is 0 Å². The lowest BCUT2D eigenvalue weighted by Gasteiger charge is -2.33. The summed E-state index contributed by atoms with van der Waals surface area (Å²) in [5, 5.41) is 7.52. The molecule has 4 nitrogen and oxygen atoms in total. The average Bonchev–Trinajstić information content (AvgIpc) is 2.70. The Balaban J connectivity index is 2.34. The van der Waals surface area contributed by atoms with E-state index in [2.05, 4.69) is 115 Å². The summed E-state index contributed by atoms with van der Waals surface area (Å²) < 4.78 is 0. The summed E-state index contributed by atoms with van der Waals surface area (Å²) in [6.07, 6.45) is 2.98. The highest BCUT2D eigenvalue weighted by Gasteiger charge is 2.26. The Hall–Kier alpha value is -1.72. The molecule has 0 spiro atoms. The molecule has 0 atom stereocenters. The maximum absolute atomic E-state index is 6.21. The van der Waals surface area contributed by atoms with E-state index in [4.69, 9.17) is 11.5 Å². The van der Waals surface area contributed by atoms with Gasteiger partial charge in [-0.2, -0.15) is 0 Å². The predicted octanol–water partition coefficient (Wildman–Crippen LogP) is 5.65. The van der Waals surface area contributed by atoms with Crippen LogP contribution in [0.1, 0.15) is 85.8 Å². The van der Waals surface area contributed by atoms with Crippen LogP contribution in [0.15, 0.2) is 48.5 Å². The number of nitrogens with one attached hydrogen (secondary N) is 2. The van der Waals surface area contributed by atoms with Gasteiger partial charge < -0.3 is 22.1 Å². The number of nitrogens with two attached hydrogens (primary N) is 2. The maximum Gasteiger partial charge on any atom is 0.0377 e. The van der Waals surface area contributed by atoms with Crippen molar-refractivity contribution in [2.45, 2.75) is 96.8 Å². The van der Waals surface area contributed by atoms with Crippen molar-refractivity contribution < 1.29 is 0 Å². The van der Waals surface area contributed by atoms with E-state index in [0.717, 1.165) is 32.4 Å². The number of benzene rings is 2. The summed E-state index contributed by atoms with van der Waals surface area (Å²) in [5.74, 6) is 0. The van der Waals surface area contributed by atoms with Gasteiger partial charge >= 0.3 is 0 Å². The van der Waals surface area contributed by atoms with Gasteiger partial charge in [-0.3, -0.25) is 0 Å². The Morgan fingerprint density at radius 2 is 1.09 bits per heavy atom.